The molecule has 0 radical (unpaired) electrons. The van der Waals surface area contributed by atoms with Gasteiger partial charge in [0, 0.05) is 38.9 Å². The van der Waals surface area contributed by atoms with Crippen molar-refractivity contribution in [1.29, 1.82) is 0 Å². The fourth-order valence-corrected chi connectivity index (χ4v) is 2.34. The summed E-state index contributed by atoms with van der Waals surface area (Å²) in [6.45, 7) is 8.09. The summed E-state index contributed by atoms with van der Waals surface area (Å²) in [4.78, 5) is 20.7. The summed E-state index contributed by atoms with van der Waals surface area (Å²) in [6.07, 6.45) is 1.82. The summed E-state index contributed by atoms with van der Waals surface area (Å²) in [5.74, 6) is 0.270. The monoisotopic (exact) mass is 276 g/mol. The molecule has 1 saturated heterocycles. The Morgan fingerprint density at radius 1 is 1.30 bits per heavy atom. The second-order valence-electron chi connectivity index (χ2n) is 5.69. The van der Waals surface area contributed by atoms with Crippen molar-refractivity contribution in [3.63, 3.8) is 0 Å². The van der Waals surface area contributed by atoms with Crippen molar-refractivity contribution in [1.82, 2.24) is 14.8 Å². The Morgan fingerprint density at radius 3 is 2.55 bits per heavy atom. The average molecular weight is 276 g/mol. The molecule has 1 atom stereocenters. The number of amides is 1. The van der Waals surface area contributed by atoms with Crippen LogP contribution in [0.15, 0.2) is 24.4 Å². The predicted octanol–water partition coefficient (Wildman–Crippen LogP) is 0.709. The van der Waals surface area contributed by atoms with Gasteiger partial charge in [0.05, 0.1) is 11.7 Å². The van der Waals surface area contributed by atoms with Crippen molar-refractivity contribution in [2.45, 2.75) is 26.4 Å². The first kappa shape index (κ1) is 14.9. The lowest BCUT2D eigenvalue weighted by atomic mass is 10.0. The third-order valence-corrected chi connectivity index (χ3v) is 3.80. The second kappa shape index (κ2) is 6.81. The molecule has 2 rings (SSSR count). The first-order valence-electron chi connectivity index (χ1n) is 7.24. The maximum Gasteiger partial charge on any atom is 0.239 e. The molecule has 2 heterocycles. The molecule has 5 nitrogen and oxygen atoms in total. The molecule has 1 fully saturated rings. The van der Waals surface area contributed by atoms with Crippen LogP contribution in [-0.4, -0.2) is 52.9 Å². The minimum absolute atomic E-state index is 0.0810. The fourth-order valence-electron chi connectivity index (χ4n) is 2.34. The molecular formula is C15H24N4O. The number of pyridine rings is 1. The molecule has 0 unspecified atom stereocenters. The molecule has 0 aromatic carbocycles. The molecule has 2 N–H and O–H groups in total. The lowest BCUT2D eigenvalue weighted by Crippen LogP contribution is -2.54. The van der Waals surface area contributed by atoms with E-state index in [0.29, 0.717) is 0 Å². The van der Waals surface area contributed by atoms with E-state index in [0.717, 1.165) is 38.4 Å². The van der Waals surface area contributed by atoms with Crippen LogP contribution in [-0.2, 0) is 11.3 Å². The van der Waals surface area contributed by atoms with Crippen molar-refractivity contribution < 1.29 is 4.79 Å². The summed E-state index contributed by atoms with van der Waals surface area (Å²) in [6, 6.07) is 5.58. The third kappa shape index (κ3) is 3.77. The van der Waals surface area contributed by atoms with E-state index in [1.54, 1.807) is 0 Å². The highest BCUT2D eigenvalue weighted by Crippen LogP contribution is 2.09. The van der Waals surface area contributed by atoms with Crippen LogP contribution in [0.4, 0.5) is 0 Å². The van der Waals surface area contributed by atoms with E-state index in [-0.39, 0.29) is 17.9 Å². The molecule has 1 aliphatic heterocycles. The molecule has 1 aromatic rings. The second-order valence-corrected chi connectivity index (χ2v) is 5.69. The number of nitrogens with two attached hydrogens (primary N) is 1. The number of hydrogen-bond donors (Lipinski definition) is 1. The van der Waals surface area contributed by atoms with Gasteiger partial charge in [0.2, 0.25) is 5.91 Å². The summed E-state index contributed by atoms with van der Waals surface area (Å²) >= 11 is 0. The van der Waals surface area contributed by atoms with Crippen LogP contribution >= 0.6 is 0 Å². The maximum atomic E-state index is 12.2. The summed E-state index contributed by atoms with van der Waals surface area (Å²) < 4.78 is 0. The Labute approximate surface area is 120 Å². The number of nitrogens with zero attached hydrogens (tertiary/aromatic N) is 3. The van der Waals surface area contributed by atoms with Crippen molar-refractivity contribution in [3.05, 3.63) is 30.1 Å². The van der Waals surface area contributed by atoms with Gasteiger partial charge in [-0.05, 0) is 18.1 Å². The minimum Gasteiger partial charge on any atom is -0.339 e. The molecule has 0 spiro atoms. The molecule has 5 heteroatoms. The third-order valence-electron chi connectivity index (χ3n) is 3.80. The lowest BCUT2D eigenvalue weighted by Gasteiger charge is -2.36. The molecule has 1 aromatic heterocycles. The van der Waals surface area contributed by atoms with Crippen LogP contribution in [0.2, 0.25) is 0 Å². The quantitative estimate of drug-likeness (QED) is 0.880. The van der Waals surface area contributed by atoms with Crippen LogP contribution in [0.5, 0.6) is 0 Å². The largest absolute Gasteiger partial charge is 0.339 e. The van der Waals surface area contributed by atoms with Gasteiger partial charge in [-0.1, -0.05) is 19.9 Å². The number of carbonyl (C=O) groups excluding carboxylic acids is 1. The molecule has 0 saturated carbocycles. The van der Waals surface area contributed by atoms with Crippen molar-refractivity contribution in [2.24, 2.45) is 11.7 Å². The Morgan fingerprint density at radius 2 is 2.00 bits per heavy atom. The zero-order valence-electron chi connectivity index (χ0n) is 12.3. The molecular weight excluding hydrogens is 252 g/mol. The SMILES string of the molecule is CC(C)[C@H](N)C(=O)N1CCN(Cc2ccccn2)CC1. The van der Waals surface area contributed by atoms with Crippen LogP contribution < -0.4 is 5.73 Å². The zero-order valence-corrected chi connectivity index (χ0v) is 12.3. The minimum atomic E-state index is -0.377. The number of hydrogen-bond acceptors (Lipinski definition) is 4. The predicted molar refractivity (Wildman–Crippen MR) is 78.9 cm³/mol. The average Bonchev–Trinajstić information content (AvgIpc) is 2.47. The highest BCUT2D eigenvalue weighted by Gasteiger charge is 2.26. The molecule has 110 valence electrons. The van der Waals surface area contributed by atoms with Crippen molar-refractivity contribution in [3.8, 4) is 0 Å². The van der Waals surface area contributed by atoms with Crippen LogP contribution in [0.25, 0.3) is 0 Å². The summed E-state index contributed by atoms with van der Waals surface area (Å²) in [7, 11) is 0. The van der Waals surface area contributed by atoms with Crippen LogP contribution in [0.3, 0.4) is 0 Å². The summed E-state index contributed by atoms with van der Waals surface area (Å²) in [5.41, 5.74) is 7.01. The number of piperazine rings is 1. The van der Waals surface area contributed by atoms with E-state index in [2.05, 4.69) is 9.88 Å². The van der Waals surface area contributed by atoms with Crippen LogP contribution in [0, 0.1) is 5.92 Å². The number of carbonyl (C=O) groups is 1. The van der Waals surface area contributed by atoms with E-state index < -0.39 is 0 Å². The Kier molecular flexibility index (Phi) is 5.09. The molecule has 0 aliphatic carbocycles. The topological polar surface area (TPSA) is 62.5 Å². The molecule has 1 amide bonds. The van der Waals surface area contributed by atoms with E-state index in [9.17, 15) is 4.79 Å². The normalized spacial score (nSPS) is 18.3. The van der Waals surface area contributed by atoms with Gasteiger partial charge in [-0.2, -0.15) is 0 Å². The Hall–Kier alpha value is -1.46. The van der Waals surface area contributed by atoms with E-state index in [1.165, 1.54) is 0 Å². The highest BCUT2D eigenvalue weighted by molar-refractivity contribution is 5.82. The van der Waals surface area contributed by atoms with Crippen molar-refractivity contribution >= 4 is 5.91 Å². The highest BCUT2D eigenvalue weighted by atomic mass is 16.2. The van der Waals surface area contributed by atoms with Gasteiger partial charge in [0.25, 0.3) is 0 Å². The smallest absolute Gasteiger partial charge is 0.239 e. The lowest BCUT2D eigenvalue weighted by molar-refractivity contribution is -0.135. The number of aromatic nitrogens is 1. The molecule has 20 heavy (non-hydrogen) atoms. The first-order valence-corrected chi connectivity index (χ1v) is 7.24. The van der Waals surface area contributed by atoms with Crippen LogP contribution in [0.1, 0.15) is 19.5 Å². The first-order chi connectivity index (χ1) is 9.58. The van der Waals surface area contributed by atoms with Gasteiger partial charge in [-0.3, -0.25) is 14.7 Å². The van der Waals surface area contributed by atoms with Gasteiger partial charge in [0.1, 0.15) is 0 Å². The maximum absolute atomic E-state index is 12.2. The zero-order chi connectivity index (χ0) is 14.5. The fraction of sp³-hybridized carbons (Fsp3) is 0.600. The van der Waals surface area contributed by atoms with E-state index in [4.69, 9.17) is 5.73 Å². The Balaban J connectivity index is 1.82. The van der Waals surface area contributed by atoms with Gasteiger partial charge in [-0.25, -0.2) is 0 Å². The molecule has 0 bridgehead atoms. The molecule has 1 aliphatic rings. The van der Waals surface area contributed by atoms with Crippen molar-refractivity contribution in [2.75, 3.05) is 26.2 Å². The van der Waals surface area contributed by atoms with Gasteiger partial charge < -0.3 is 10.6 Å². The van der Waals surface area contributed by atoms with E-state index >= 15 is 0 Å². The van der Waals surface area contributed by atoms with Gasteiger partial charge in [0.15, 0.2) is 0 Å². The Bertz CT molecular complexity index is 427. The van der Waals surface area contributed by atoms with E-state index in [1.807, 2.05) is 43.1 Å². The number of rotatable bonds is 4. The standard InChI is InChI=1S/C15H24N4O/c1-12(2)14(16)15(20)19-9-7-18(8-10-19)11-13-5-3-4-6-17-13/h3-6,12,14H,7-11,16H2,1-2H3/t14-/m0/s1. The van der Waals surface area contributed by atoms with Gasteiger partial charge >= 0.3 is 0 Å². The summed E-state index contributed by atoms with van der Waals surface area (Å²) in [5, 5.41) is 0. The van der Waals surface area contributed by atoms with Gasteiger partial charge in [-0.15, -0.1) is 0 Å².